The number of hydrogen-bond acceptors (Lipinski definition) is 4. The predicted molar refractivity (Wildman–Crippen MR) is 80.8 cm³/mol. The van der Waals surface area contributed by atoms with Crippen molar-refractivity contribution in [3.8, 4) is 0 Å². The Morgan fingerprint density at radius 3 is 2.81 bits per heavy atom. The van der Waals surface area contributed by atoms with Crippen LogP contribution in [0.25, 0.3) is 0 Å². The van der Waals surface area contributed by atoms with Crippen molar-refractivity contribution in [3.05, 3.63) is 35.9 Å². The third-order valence-corrected chi connectivity index (χ3v) is 4.70. The second kappa shape index (κ2) is 6.05. The van der Waals surface area contributed by atoms with Crippen molar-refractivity contribution < 1.29 is 14.6 Å². The maximum absolute atomic E-state index is 9.99. The molecule has 2 aliphatic heterocycles. The molecule has 0 aromatic heterocycles. The molecule has 0 amide bonds. The first-order chi connectivity index (χ1) is 10.1. The Morgan fingerprint density at radius 2 is 2.10 bits per heavy atom. The van der Waals surface area contributed by atoms with Crippen molar-refractivity contribution in [1.29, 1.82) is 0 Å². The summed E-state index contributed by atoms with van der Waals surface area (Å²) in [6.45, 7) is 7.29. The van der Waals surface area contributed by atoms with Crippen LogP contribution in [0.1, 0.15) is 25.8 Å². The smallest absolute Gasteiger partial charge is 0.192 e. The number of β-amino-alcohol motifs (C(OH)–C–C–N with tert-alkyl or cyclic N) is 1. The van der Waals surface area contributed by atoms with Crippen molar-refractivity contribution >= 4 is 0 Å². The van der Waals surface area contributed by atoms with Gasteiger partial charge in [0.05, 0.1) is 18.8 Å². The van der Waals surface area contributed by atoms with Gasteiger partial charge >= 0.3 is 0 Å². The Labute approximate surface area is 126 Å². The number of rotatable bonds is 3. The van der Waals surface area contributed by atoms with E-state index < -0.39 is 5.79 Å². The number of nitrogens with zero attached hydrogens (tertiary/aromatic N) is 1. The van der Waals surface area contributed by atoms with E-state index >= 15 is 0 Å². The molecule has 3 rings (SSSR count). The minimum absolute atomic E-state index is 0.0656. The average molecular weight is 291 g/mol. The topological polar surface area (TPSA) is 41.9 Å². The van der Waals surface area contributed by atoms with Crippen LogP contribution in [0.2, 0.25) is 0 Å². The molecule has 0 spiro atoms. The minimum atomic E-state index is -0.645. The Balaban J connectivity index is 1.58. The van der Waals surface area contributed by atoms with Crippen LogP contribution in [0.4, 0.5) is 0 Å². The molecule has 0 radical (unpaired) electrons. The lowest BCUT2D eigenvalue weighted by atomic mass is 9.96. The number of aliphatic hydroxyl groups is 1. The predicted octanol–water partition coefficient (Wildman–Crippen LogP) is 1.98. The van der Waals surface area contributed by atoms with E-state index in [0.29, 0.717) is 12.5 Å². The van der Waals surface area contributed by atoms with Gasteiger partial charge in [-0.25, -0.2) is 0 Å². The monoisotopic (exact) mass is 291 g/mol. The summed E-state index contributed by atoms with van der Waals surface area (Å²) in [6.07, 6.45) is 0.891. The normalized spacial score (nSPS) is 37.8. The van der Waals surface area contributed by atoms with Gasteiger partial charge in [-0.05, 0) is 25.8 Å². The lowest BCUT2D eigenvalue weighted by molar-refractivity contribution is -0.164. The number of ether oxygens (including phenoxy) is 2. The maximum Gasteiger partial charge on any atom is 0.192 e. The first-order valence-corrected chi connectivity index (χ1v) is 7.84. The van der Waals surface area contributed by atoms with E-state index in [1.165, 1.54) is 0 Å². The SMILES string of the molecule is CC1CCN(CC2COC(C)(c3ccccc3)O2)CC1O. The molecule has 1 N–H and O–H groups in total. The van der Waals surface area contributed by atoms with E-state index in [9.17, 15) is 5.11 Å². The average Bonchev–Trinajstić information content (AvgIpc) is 2.87. The highest BCUT2D eigenvalue weighted by atomic mass is 16.7. The van der Waals surface area contributed by atoms with Gasteiger partial charge in [-0.3, -0.25) is 4.90 Å². The summed E-state index contributed by atoms with van der Waals surface area (Å²) in [4.78, 5) is 2.29. The van der Waals surface area contributed by atoms with Gasteiger partial charge in [0.1, 0.15) is 0 Å². The summed E-state index contributed by atoms with van der Waals surface area (Å²) in [5.41, 5.74) is 1.06. The number of piperidine rings is 1. The molecule has 0 saturated carbocycles. The molecule has 4 atom stereocenters. The van der Waals surface area contributed by atoms with Crippen LogP contribution in [0.15, 0.2) is 30.3 Å². The molecule has 4 nitrogen and oxygen atoms in total. The standard InChI is InChI=1S/C17H25NO3/c1-13-8-9-18(11-16(13)19)10-15-12-20-17(2,21-15)14-6-4-3-5-7-14/h3-7,13,15-16,19H,8-12H2,1-2H3. The third kappa shape index (κ3) is 3.29. The Bertz CT molecular complexity index is 466. The minimum Gasteiger partial charge on any atom is -0.392 e. The van der Waals surface area contributed by atoms with E-state index in [4.69, 9.17) is 9.47 Å². The molecule has 116 valence electrons. The summed E-state index contributed by atoms with van der Waals surface area (Å²) >= 11 is 0. The van der Waals surface area contributed by atoms with E-state index in [0.717, 1.165) is 31.6 Å². The lowest BCUT2D eigenvalue weighted by Crippen LogP contribution is -2.46. The highest BCUT2D eigenvalue weighted by Gasteiger charge is 2.39. The zero-order valence-corrected chi connectivity index (χ0v) is 12.9. The summed E-state index contributed by atoms with van der Waals surface area (Å²) in [5.74, 6) is -0.246. The van der Waals surface area contributed by atoms with Gasteiger partial charge in [-0.2, -0.15) is 0 Å². The molecule has 0 bridgehead atoms. The van der Waals surface area contributed by atoms with E-state index in [1.54, 1.807) is 0 Å². The molecule has 2 saturated heterocycles. The molecule has 1 aromatic carbocycles. The molecule has 21 heavy (non-hydrogen) atoms. The molecule has 0 aliphatic carbocycles. The quantitative estimate of drug-likeness (QED) is 0.924. The number of hydrogen-bond donors (Lipinski definition) is 1. The van der Waals surface area contributed by atoms with E-state index in [-0.39, 0.29) is 12.2 Å². The van der Waals surface area contributed by atoms with Crippen molar-refractivity contribution in [1.82, 2.24) is 4.90 Å². The lowest BCUT2D eigenvalue weighted by Gasteiger charge is -2.35. The van der Waals surface area contributed by atoms with Gasteiger partial charge in [-0.15, -0.1) is 0 Å². The maximum atomic E-state index is 9.99. The summed E-state index contributed by atoms with van der Waals surface area (Å²) in [6, 6.07) is 10.1. The molecular formula is C17H25NO3. The van der Waals surface area contributed by atoms with Gasteiger partial charge in [0.2, 0.25) is 0 Å². The van der Waals surface area contributed by atoms with Crippen LogP contribution in [0.3, 0.4) is 0 Å². The zero-order valence-electron chi connectivity index (χ0n) is 12.9. The summed E-state index contributed by atoms with van der Waals surface area (Å²) < 4.78 is 12.1. The highest BCUT2D eigenvalue weighted by molar-refractivity contribution is 5.20. The number of benzene rings is 1. The first-order valence-electron chi connectivity index (χ1n) is 7.84. The van der Waals surface area contributed by atoms with Crippen molar-refractivity contribution in [3.63, 3.8) is 0 Å². The van der Waals surface area contributed by atoms with Crippen molar-refractivity contribution in [2.24, 2.45) is 5.92 Å². The Kier molecular flexibility index (Phi) is 4.31. The van der Waals surface area contributed by atoms with Crippen LogP contribution in [0.5, 0.6) is 0 Å². The van der Waals surface area contributed by atoms with Crippen LogP contribution in [-0.2, 0) is 15.3 Å². The second-order valence-corrected chi connectivity index (χ2v) is 6.46. The summed E-state index contributed by atoms with van der Waals surface area (Å²) in [7, 11) is 0. The zero-order chi connectivity index (χ0) is 14.9. The van der Waals surface area contributed by atoms with Gasteiger partial charge in [0.25, 0.3) is 0 Å². The highest BCUT2D eigenvalue weighted by Crippen LogP contribution is 2.34. The number of likely N-dealkylation sites (tertiary alicyclic amines) is 1. The fourth-order valence-electron chi connectivity index (χ4n) is 3.19. The van der Waals surface area contributed by atoms with Gasteiger partial charge < -0.3 is 14.6 Å². The molecule has 2 fully saturated rings. The molecule has 1 aromatic rings. The largest absolute Gasteiger partial charge is 0.392 e. The molecule has 4 heteroatoms. The van der Waals surface area contributed by atoms with Gasteiger partial charge in [0, 0.05) is 18.7 Å². The van der Waals surface area contributed by atoms with Crippen molar-refractivity contribution in [2.45, 2.75) is 38.3 Å². The Morgan fingerprint density at radius 1 is 1.33 bits per heavy atom. The number of aliphatic hydroxyl groups excluding tert-OH is 1. The fourth-order valence-corrected chi connectivity index (χ4v) is 3.19. The van der Waals surface area contributed by atoms with Gasteiger partial charge in [-0.1, -0.05) is 37.3 Å². The van der Waals surface area contributed by atoms with Gasteiger partial charge in [0.15, 0.2) is 5.79 Å². The summed E-state index contributed by atoms with van der Waals surface area (Å²) in [5, 5.41) is 9.99. The van der Waals surface area contributed by atoms with E-state index in [1.807, 2.05) is 37.3 Å². The fraction of sp³-hybridized carbons (Fsp3) is 0.647. The van der Waals surface area contributed by atoms with E-state index in [2.05, 4.69) is 11.8 Å². The molecule has 2 heterocycles. The first kappa shape index (κ1) is 15.0. The molecule has 2 aliphatic rings. The van der Waals surface area contributed by atoms with Crippen LogP contribution in [-0.4, -0.2) is 48.5 Å². The molecule has 4 unspecified atom stereocenters. The van der Waals surface area contributed by atoms with Crippen LogP contribution in [0, 0.1) is 5.92 Å². The Hall–Kier alpha value is -0.940. The van der Waals surface area contributed by atoms with Crippen LogP contribution >= 0.6 is 0 Å². The molecular weight excluding hydrogens is 266 g/mol. The van der Waals surface area contributed by atoms with Crippen LogP contribution < -0.4 is 0 Å². The van der Waals surface area contributed by atoms with Crippen molar-refractivity contribution in [2.75, 3.05) is 26.2 Å². The third-order valence-electron chi connectivity index (χ3n) is 4.70. The second-order valence-electron chi connectivity index (χ2n) is 6.46.